The molecule has 5 heteroatoms. The summed E-state index contributed by atoms with van der Waals surface area (Å²) in [6, 6.07) is 5.15. The van der Waals surface area contributed by atoms with E-state index >= 15 is 0 Å². The van der Waals surface area contributed by atoms with E-state index in [1.165, 1.54) is 0 Å². The van der Waals surface area contributed by atoms with Crippen LogP contribution in [0.2, 0.25) is 5.02 Å². The first-order valence-electron chi connectivity index (χ1n) is 5.72. The minimum absolute atomic E-state index is 0.158. The number of aliphatic carboxylic acids is 1. The van der Waals surface area contributed by atoms with Crippen LogP contribution in [-0.4, -0.2) is 23.5 Å². The molecule has 1 saturated carbocycles. The molecule has 0 aromatic heterocycles. The van der Waals surface area contributed by atoms with E-state index in [1.807, 2.05) is 6.92 Å². The highest BCUT2D eigenvalue weighted by molar-refractivity contribution is 6.33. The van der Waals surface area contributed by atoms with Gasteiger partial charge in [-0.05, 0) is 37.5 Å². The van der Waals surface area contributed by atoms with Crippen LogP contribution in [-0.2, 0) is 4.79 Å². The van der Waals surface area contributed by atoms with Crippen molar-refractivity contribution >= 4 is 23.5 Å². The standard InChI is InChI=1S/C13H14ClNO3/c1-8-2-3-9(10(14)6-8)11(16)15-7-13(4-5-13)12(17)18/h2-3,6H,4-5,7H2,1H3,(H,15,16)(H,17,18). The van der Waals surface area contributed by atoms with Crippen LogP contribution < -0.4 is 5.32 Å². The maximum absolute atomic E-state index is 11.9. The van der Waals surface area contributed by atoms with Crippen LogP contribution in [0.4, 0.5) is 0 Å². The fourth-order valence-electron chi connectivity index (χ4n) is 1.77. The minimum atomic E-state index is -0.849. The number of halogens is 1. The summed E-state index contributed by atoms with van der Waals surface area (Å²) in [6.45, 7) is 2.04. The number of carbonyl (C=O) groups is 2. The fraction of sp³-hybridized carbons (Fsp3) is 0.385. The van der Waals surface area contributed by atoms with Gasteiger partial charge in [-0.2, -0.15) is 0 Å². The summed E-state index contributed by atoms with van der Waals surface area (Å²) in [4.78, 5) is 22.9. The number of benzene rings is 1. The number of hydrogen-bond acceptors (Lipinski definition) is 2. The minimum Gasteiger partial charge on any atom is -0.481 e. The van der Waals surface area contributed by atoms with E-state index in [2.05, 4.69) is 5.32 Å². The Morgan fingerprint density at radius 2 is 2.11 bits per heavy atom. The highest BCUT2D eigenvalue weighted by atomic mass is 35.5. The topological polar surface area (TPSA) is 66.4 Å². The van der Waals surface area contributed by atoms with Gasteiger partial charge in [-0.25, -0.2) is 0 Å². The van der Waals surface area contributed by atoms with E-state index in [-0.39, 0.29) is 12.5 Å². The van der Waals surface area contributed by atoms with Crippen LogP contribution in [0.3, 0.4) is 0 Å². The molecule has 0 aliphatic heterocycles. The molecule has 0 saturated heterocycles. The third-order valence-corrected chi connectivity index (χ3v) is 3.58. The highest BCUT2D eigenvalue weighted by Gasteiger charge is 2.50. The third-order valence-electron chi connectivity index (χ3n) is 3.26. The Morgan fingerprint density at radius 3 is 2.61 bits per heavy atom. The summed E-state index contributed by atoms with van der Waals surface area (Å²) in [5, 5.41) is 12.0. The summed E-state index contributed by atoms with van der Waals surface area (Å²) in [5.74, 6) is -1.18. The summed E-state index contributed by atoms with van der Waals surface area (Å²) < 4.78 is 0. The number of amides is 1. The number of hydrogen-bond donors (Lipinski definition) is 2. The van der Waals surface area contributed by atoms with E-state index in [0.29, 0.717) is 23.4 Å². The lowest BCUT2D eigenvalue weighted by molar-refractivity contribution is -0.143. The summed E-state index contributed by atoms with van der Waals surface area (Å²) in [6.07, 6.45) is 1.23. The van der Waals surface area contributed by atoms with Crippen molar-refractivity contribution in [3.63, 3.8) is 0 Å². The summed E-state index contributed by atoms with van der Waals surface area (Å²) >= 11 is 5.98. The number of rotatable bonds is 4. The molecule has 0 bridgehead atoms. The van der Waals surface area contributed by atoms with Crippen LogP contribution >= 0.6 is 11.6 Å². The highest BCUT2D eigenvalue weighted by Crippen LogP contribution is 2.45. The average molecular weight is 268 g/mol. The van der Waals surface area contributed by atoms with Gasteiger partial charge in [-0.1, -0.05) is 17.7 Å². The van der Waals surface area contributed by atoms with Crippen molar-refractivity contribution in [3.05, 3.63) is 34.3 Å². The van der Waals surface area contributed by atoms with Crippen LogP contribution in [0.25, 0.3) is 0 Å². The molecular weight excluding hydrogens is 254 g/mol. The zero-order valence-electron chi connectivity index (χ0n) is 10.00. The van der Waals surface area contributed by atoms with E-state index in [4.69, 9.17) is 16.7 Å². The predicted molar refractivity (Wildman–Crippen MR) is 67.8 cm³/mol. The predicted octanol–water partition coefficient (Wildman–Crippen LogP) is 2.24. The second kappa shape index (κ2) is 4.61. The molecule has 1 fully saturated rings. The normalized spacial score (nSPS) is 16.1. The van der Waals surface area contributed by atoms with Crippen molar-refractivity contribution in [3.8, 4) is 0 Å². The largest absolute Gasteiger partial charge is 0.481 e. The van der Waals surface area contributed by atoms with Crippen molar-refractivity contribution in [1.82, 2.24) is 5.32 Å². The van der Waals surface area contributed by atoms with Gasteiger partial charge in [-0.3, -0.25) is 9.59 Å². The van der Waals surface area contributed by atoms with Crippen molar-refractivity contribution in [1.29, 1.82) is 0 Å². The maximum Gasteiger partial charge on any atom is 0.311 e. The van der Waals surface area contributed by atoms with E-state index in [0.717, 1.165) is 5.56 Å². The average Bonchev–Trinajstić information content (AvgIpc) is 3.07. The van der Waals surface area contributed by atoms with Crippen LogP contribution in [0.15, 0.2) is 18.2 Å². The Bertz CT molecular complexity index is 509. The molecule has 1 aliphatic carbocycles. The lowest BCUT2D eigenvalue weighted by Crippen LogP contribution is -2.34. The summed E-state index contributed by atoms with van der Waals surface area (Å²) in [5.41, 5.74) is 0.594. The molecular formula is C13H14ClNO3. The zero-order valence-corrected chi connectivity index (χ0v) is 10.8. The van der Waals surface area contributed by atoms with E-state index in [9.17, 15) is 9.59 Å². The van der Waals surface area contributed by atoms with Crippen LogP contribution in [0.1, 0.15) is 28.8 Å². The molecule has 18 heavy (non-hydrogen) atoms. The Labute approximate surface area is 110 Å². The van der Waals surface area contributed by atoms with Gasteiger partial charge in [0.2, 0.25) is 0 Å². The first kappa shape index (κ1) is 12.9. The zero-order chi connectivity index (χ0) is 13.3. The lowest BCUT2D eigenvalue weighted by atomic mass is 10.1. The second-order valence-electron chi connectivity index (χ2n) is 4.75. The molecule has 1 aromatic carbocycles. The Hall–Kier alpha value is -1.55. The Balaban J connectivity index is 2.02. The van der Waals surface area contributed by atoms with Crippen molar-refractivity contribution in [2.24, 2.45) is 5.41 Å². The van der Waals surface area contributed by atoms with Gasteiger partial charge in [0, 0.05) is 6.54 Å². The third kappa shape index (κ3) is 2.48. The molecule has 1 aliphatic rings. The van der Waals surface area contributed by atoms with Crippen molar-refractivity contribution in [2.45, 2.75) is 19.8 Å². The molecule has 1 aromatic rings. The van der Waals surface area contributed by atoms with E-state index in [1.54, 1.807) is 18.2 Å². The van der Waals surface area contributed by atoms with Crippen LogP contribution in [0.5, 0.6) is 0 Å². The van der Waals surface area contributed by atoms with Gasteiger partial charge < -0.3 is 10.4 Å². The van der Waals surface area contributed by atoms with Crippen molar-refractivity contribution in [2.75, 3.05) is 6.54 Å². The van der Waals surface area contributed by atoms with Gasteiger partial charge in [0.15, 0.2) is 0 Å². The number of carboxylic acid groups (broad SMARTS) is 1. The first-order valence-corrected chi connectivity index (χ1v) is 6.10. The SMILES string of the molecule is Cc1ccc(C(=O)NCC2(C(=O)O)CC2)c(Cl)c1. The molecule has 4 nitrogen and oxygen atoms in total. The fourth-order valence-corrected chi connectivity index (χ4v) is 2.09. The molecule has 2 N–H and O–H groups in total. The number of carbonyl (C=O) groups excluding carboxylic acids is 1. The van der Waals surface area contributed by atoms with Gasteiger partial charge in [0.05, 0.1) is 16.0 Å². The van der Waals surface area contributed by atoms with Gasteiger partial charge >= 0.3 is 5.97 Å². The van der Waals surface area contributed by atoms with Crippen molar-refractivity contribution < 1.29 is 14.7 Å². The molecule has 96 valence electrons. The smallest absolute Gasteiger partial charge is 0.311 e. The number of carboxylic acids is 1. The van der Waals surface area contributed by atoms with Gasteiger partial charge in [0.25, 0.3) is 5.91 Å². The number of nitrogens with one attached hydrogen (secondary N) is 1. The molecule has 0 radical (unpaired) electrons. The summed E-state index contributed by atoms with van der Waals surface area (Å²) in [7, 11) is 0. The van der Waals surface area contributed by atoms with Gasteiger partial charge in [-0.15, -0.1) is 0 Å². The quantitative estimate of drug-likeness (QED) is 0.879. The monoisotopic (exact) mass is 267 g/mol. The Morgan fingerprint density at radius 1 is 1.44 bits per heavy atom. The lowest BCUT2D eigenvalue weighted by Gasteiger charge is -2.12. The van der Waals surface area contributed by atoms with Gasteiger partial charge in [0.1, 0.15) is 0 Å². The molecule has 0 atom stereocenters. The van der Waals surface area contributed by atoms with Crippen LogP contribution in [0, 0.1) is 12.3 Å². The molecule has 0 heterocycles. The molecule has 1 amide bonds. The molecule has 2 rings (SSSR count). The first-order chi connectivity index (χ1) is 8.44. The second-order valence-corrected chi connectivity index (χ2v) is 5.16. The number of aryl methyl sites for hydroxylation is 1. The molecule has 0 spiro atoms. The molecule has 0 unspecified atom stereocenters. The maximum atomic E-state index is 11.9. The van der Waals surface area contributed by atoms with E-state index < -0.39 is 11.4 Å². The Kier molecular flexibility index (Phi) is 3.30.